The fraction of sp³-hybridized carbons (Fsp3) is 0.889. The van der Waals surface area contributed by atoms with Crippen molar-refractivity contribution in [2.75, 3.05) is 19.6 Å². The van der Waals surface area contributed by atoms with Crippen LogP contribution in [0.4, 0.5) is 0 Å². The molecule has 10 heavy (non-hydrogen) atoms. The Morgan fingerprint density at radius 2 is 1.90 bits per heavy atom. The molecule has 0 saturated heterocycles. The summed E-state index contributed by atoms with van der Waals surface area (Å²) in [5.74, 6) is 0. The Bertz CT molecular complexity index is 61.7. The molecule has 0 spiro atoms. The van der Waals surface area contributed by atoms with Gasteiger partial charge >= 0.3 is 0 Å². The molecule has 0 aliphatic heterocycles. The highest BCUT2D eigenvalue weighted by atomic mass is 15.1. The predicted octanol–water partition coefficient (Wildman–Crippen LogP) is 2.33. The van der Waals surface area contributed by atoms with Crippen LogP contribution in [0, 0.1) is 6.92 Å². The molecule has 0 aromatic carbocycles. The van der Waals surface area contributed by atoms with Gasteiger partial charge in [0.15, 0.2) is 0 Å². The van der Waals surface area contributed by atoms with Crippen LogP contribution >= 0.6 is 0 Å². The molecular formula is C9H20N. The number of nitrogens with zero attached hydrogens (tertiary/aromatic N) is 1. The first-order valence-corrected chi connectivity index (χ1v) is 4.36. The molecule has 0 aromatic heterocycles. The summed E-state index contributed by atoms with van der Waals surface area (Å²) in [4.78, 5) is 2.45. The molecule has 0 atom stereocenters. The fourth-order valence-electron chi connectivity index (χ4n) is 1.03. The molecule has 1 nitrogen and oxygen atoms in total. The minimum atomic E-state index is 1.04. The summed E-state index contributed by atoms with van der Waals surface area (Å²) in [5, 5.41) is 0. The van der Waals surface area contributed by atoms with E-state index in [9.17, 15) is 0 Å². The highest BCUT2D eigenvalue weighted by Crippen LogP contribution is 1.95. The third-order valence-corrected chi connectivity index (χ3v) is 1.75. The predicted molar refractivity (Wildman–Crippen MR) is 47.0 cm³/mol. The first-order chi connectivity index (χ1) is 4.85. The van der Waals surface area contributed by atoms with Crippen molar-refractivity contribution >= 4 is 0 Å². The van der Waals surface area contributed by atoms with Gasteiger partial charge < -0.3 is 4.90 Å². The van der Waals surface area contributed by atoms with Crippen LogP contribution < -0.4 is 0 Å². The lowest BCUT2D eigenvalue weighted by Crippen LogP contribution is -2.25. The van der Waals surface area contributed by atoms with Crippen molar-refractivity contribution in [2.24, 2.45) is 0 Å². The third-order valence-electron chi connectivity index (χ3n) is 1.75. The van der Waals surface area contributed by atoms with Gasteiger partial charge in [0.25, 0.3) is 0 Å². The van der Waals surface area contributed by atoms with Gasteiger partial charge in [-0.3, -0.25) is 0 Å². The zero-order valence-electron chi connectivity index (χ0n) is 7.40. The van der Waals surface area contributed by atoms with Crippen LogP contribution in [-0.2, 0) is 0 Å². The maximum absolute atomic E-state index is 3.84. The lowest BCUT2D eigenvalue weighted by atomic mass is 10.3. The lowest BCUT2D eigenvalue weighted by Gasteiger charge is -2.18. The van der Waals surface area contributed by atoms with Crippen LogP contribution in [0.25, 0.3) is 0 Å². The fourth-order valence-corrected chi connectivity index (χ4v) is 1.03. The topological polar surface area (TPSA) is 3.24 Å². The van der Waals surface area contributed by atoms with Crippen molar-refractivity contribution in [3.05, 3.63) is 6.92 Å². The van der Waals surface area contributed by atoms with Crippen LogP contribution in [0.5, 0.6) is 0 Å². The van der Waals surface area contributed by atoms with Gasteiger partial charge in [-0.05, 0) is 32.5 Å². The Morgan fingerprint density at radius 1 is 1.20 bits per heavy atom. The van der Waals surface area contributed by atoms with Crippen LogP contribution in [-0.4, -0.2) is 24.5 Å². The second kappa shape index (κ2) is 7.07. The molecule has 0 heterocycles. The van der Waals surface area contributed by atoms with Crippen molar-refractivity contribution in [2.45, 2.75) is 33.1 Å². The maximum Gasteiger partial charge on any atom is -0.00189 e. The van der Waals surface area contributed by atoms with E-state index in [2.05, 4.69) is 25.7 Å². The summed E-state index contributed by atoms with van der Waals surface area (Å²) < 4.78 is 0. The van der Waals surface area contributed by atoms with Gasteiger partial charge in [0, 0.05) is 0 Å². The van der Waals surface area contributed by atoms with Crippen LogP contribution in [0.2, 0.25) is 0 Å². The van der Waals surface area contributed by atoms with Gasteiger partial charge in [-0.2, -0.15) is 0 Å². The first kappa shape index (κ1) is 9.96. The van der Waals surface area contributed by atoms with Crippen molar-refractivity contribution in [3.63, 3.8) is 0 Å². The Labute approximate surface area is 65.4 Å². The van der Waals surface area contributed by atoms with Gasteiger partial charge in [-0.25, -0.2) is 0 Å². The molecule has 0 fully saturated rings. The average Bonchev–Trinajstić information content (AvgIpc) is 1.98. The molecule has 61 valence electrons. The van der Waals surface area contributed by atoms with E-state index in [1.165, 1.54) is 25.9 Å². The van der Waals surface area contributed by atoms with Crippen molar-refractivity contribution < 1.29 is 0 Å². The van der Waals surface area contributed by atoms with Crippen LogP contribution in [0.15, 0.2) is 0 Å². The standard InChI is InChI=1S/C9H20N/c1-4-7-9-10(6-3)8-5-2/h2,4-9H2,1,3H3. The van der Waals surface area contributed by atoms with E-state index in [4.69, 9.17) is 0 Å². The monoisotopic (exact) mass is 142 g/mol. The van der Waals surface area contributed by atoms with Crippen molar-refractivity contribution in [1.29, 1.82) is 0 Å². The molecule has 0 aromatic rings. The molecule has 0 saturated carbocycles. The average molecular weight is 142 g/mol. The highest BCUT2D eigenvalue weighted by molar-refractivity contribution is 4.55. The van der Waals surface area contributed by atoms with Crippen LogP contribution in [0.3, 0.4) is 0 Å². The van der Waals surface area contributed by atoms with Gasteiger partial charge in [0.2, 0.25) is 0 Å². The van der Waals surface area contributed by atoms with Gasteiger partial charge in [0.05, 0.1) is 0 Å². The second-order valence-corrected chi connectivity index (χ2v) is 2.64. The number of hydrogen-bond acceptors (Lipinski definition) is 1. The summed E-state index contributed by atoms with van der Waals surface area (Å²) in [6, 6.07) is 0. The Morgan fingerprint density at radius 3 is 2.30 bits per heavy atom. The van der Waals surface area contributed by atoms with Crippen LogP contribution in [0.1, 0.15) is 33.1 Å². The van der Waals surface area contributed by atoms with E-state index in [1.54, 1.807) is 0 Å². The van der Waals surface area contributed by atoms with Gasteiger partial charge in [0.1, 0.15) is 0 Å². The number of hydrogen-bond donors (Lipinski definition) is 0. The molecule has 0 N–H and O–H groups in total. The zero-order valence-corrected chi connectivity index (χ0v) is 7.40. The van der Waals surface area contributed by atoms with E-state index in [-0.39, 0.29) is 0 Å². The molecular weight excluding hydrogens is 122 g/mol. The summed E-state index contributed by atoms with van der Waals surface area (Å²) >= 11 is 0. The minimum absolute atomic E-state index is 1.04. The molecule has 0 rings (SSSR count). The van der Waals surface area contributed by atoms with E-state index >= 15 is 0 Å². The molecule has 0 aliphatic carbocycles. The highest BCUT2D eigenvalue weighted by Gasteiger charge is 1.97. The Kier molecular flexibility index (Phi) is 7.04. The summed E-state index contributed by atoms with van der Waals surface area (Å²) in [7, 11) is 0. The lowest BCUT2D eigenvalue weighted by molar-refractivity contribution is 0.288. The number of rotatable bonds is 6. The first-order valence-electron chi connectivity index (χ1n) is 4.36. The summed E-state index contributed by atoms with van der Waals surface area (Å²) in [5.41, 5.74) is 0. The smallest absolute Gasteiger partial charge is 0.00189 e. The summed E-state index contributed by atoms with van der Waals surface area (Å²) in [6.45, 7) is 11.9. The molecule has 0 bridgehead atoms. The minimum Gasteiger partial charge on any atom is -0.304 e. The SMILES string of the molecule is [CH2]CCN(CC)CCCC. The molecule has 1 heteroatoms. The largest absolute Gasteiger partial charge is 0.304 e. The molecule has 0 aliphatic rings. The Balaban J connectivity index is 3.21. The normalized spacial score (nSPS) is 10.8. The van der Waals surface area contributed by atoms with Crippen molar-refractivity contribution in [1.82, 2.24) is 4.90 Å². The summed E-state index contributed by atoms with van der Waals surface area (Å²) in [6.07, 6.45) is 3.67. The molecule has 1 radical (unpaired) electrons. The van der Waals surface area contributed by atoms with E-state index < -0.39 is 0 Å². The van der Waals surface area contributed by atoms with Gasteiger partial charge in [-0.1, -0.05) is 27.2 Å². The quantitative estimate of drug-likeness (QED) is 0.550. The van der Waals surface area contributed by atoms with E-state index in [0.29, 0.717) is 0 Å². The maximum atomic E-state index is 3.84. The molecule has 0 amide bonds. The van der Waals surface area contributed by atoms with E-state index in [1.807, 2.05) is 0 Å². The third kappa shape index (κ3) is 4.80. The number of unbranched alkanes of at least 4 members (excludes halogenated alkanes) is 1. The zero-order chi connectivity index (χ0) is 7.82. The van der Waals surface area contributed by atoms with Gasteiger partial charge in [-0.15, -0.1) is 0 Å². The van der Waals surface area contributed by atoms with Crippen molar-refractivity contribution in [3.8, 4) is 0 Å². The Hall–Kier alpha value is -0.0400. The second-order valence-electron chi connectivity index (χ2n) is 2.64. The molecule has 0 unspecified atom stereocenters. The van der Waals surface area contributed by atoms with E-state index in [0.717, 1.165) is 13.0 Å².